The van der Waals surface area contributed by atoms with Crippen LogP contribution < -0.4 is 5.32 Å². The number of likely N-dealkylation sites (tertiary alicyclic amines) is 1. The van der Waals surface area contributed by atoms with E-state index < -0.39 is 12.0 Å². The van der Waals surface area contributed by atoms with Gasteiger partial charge in [-0.1, -0.05) is 19.3 Å². The maximum atomic E-state index is 12.0. The fraction of sp³-hybridized carbons (Fsp3) is 0.846. The van der Waals surface area contributed by atoms with Gasteiger partial charge in [-0.3, -0.25) is 0 Å². The average Bonchev–Trinajstić information content (AvgIpc) is 2.86. The molecule has 1 aliphatic heterocycles. The molecule has 2 amide bonds. The smallest absolute Gasteiger partial charge is 0.326 e. The molecule has 0 unspecified atom stereocenters. The first-order valence-electron chi connectivity index (χ1n) is 6.96. The summed E-state index contributed by atoms with van der Waals surface area (Å²) in [6.07, 6.45) is 7.53. The lowest BCUT2D eigenvalue weighted by Gasteiger charge is -2.25. The van der Waals surface area contributed by atoms with Gasteiger partial charge in [-0.25, -0.2) is 9.59 Å². The molecule has 2 aliphatic rings. The molecule has 1 saturated heterocycles. The molecule has 0 radical (unpaired) electrons. The predicted octanol–water partition coefficient (Wildman–Crippen LogP) is 1.83. The van der Waals surface area contributed by atoms with Crippen LogP contribution in [0.4, 0.5) is 4.79 Å². The fourth-order valence-electron chi connectivity index (χ4n) is 2.99. The van der Waals surface area contributed by atoms with Crippen LogP contribution in [0.3, 0.4) is 0 Å². The van der Waals surface area contributed by atoms with Crippen LogP contribution in [-0.2, 0) is 4.79 Å². The number of carbonyl (C=O) groups excluding carboxylic acids is 1. The topological polar surface area (TPSA) is 69.6 Å². The van der Waals surface area contributed by atoms with E-state index in [1.165, 1.54) is 37.0 Å². The molecule has 0 bridgehead atoms. The van der Waals surface area contributed by atoms with Crippen molar-refractivity contribution in [2.24, 2.45) is 5.92 Å². The van der Waals surface area contributed by atoms with Gasteiger partial charge in [0.05, 0.1) is 0 Å². The van der Waals surface area contributed by atoms with Crippen LogP contribution in [0.1, 0.15) is 44.9 Å². The molecule has 1 aliphatic carbocycles. The summed E-state index contributed by atoms with van der Waals surface area (Å²) in [6.45, 7) is 1.26. The second kappa shape index (κ2) is 6.07. The molecule has 5 nitrogen and oxygen atoms in total. The second-order valence-electron chi connectivity index (χ2n) is 5.38. The molecule has 2 N–H and O–H groups in total. The number of aliphatic carboxylic acids is 1. The Morgan fingerprint density at radius 3 is 2.50 bits per heavy atom. The minimum absolute atomic E-state index is 0.203. The van der Waals surface area contributed by atoms with Gasteiger partial charge in [0.1, 0.15) is 6.04 Å². The zero-order valence-electron chi connectivity index (χ0n) is 10.7. The van der Waals surface area contributed by atoms with E-state index in [0.29, 0.717) is 25.4 Å². The number of hydrogen-bond acceptors (Lipinski definition) is 2. The van der Waals surface area contributed by atoms with E-state index in [1.54, 1.807) is 0 Å². The number of carbonyl (C=O) groups is 2. The Balaban J connectivity index is 1.78. The lowest BCUT2D eigenvalue weighted by molar-refractivity contribution is -0.141. The van der Waals surface area contributed by atoms with Crippen molar-refractivity contribution in [2.45, 2.75) is 51.0 Å². The quantitative estimate of drug-likeness (QED) is 0.807. The van der Waals surface area contributed by atoms with Crippen molar-refractivity contribution >= 4 is 12.0 Å². The monoisotopic (exact) mass is 254 g/mol. The summed E-state index contributed by atoms with van der Waals surface area (Å²) in [5, 5.41) is 11.9. The summed E-state index contributed by atoms with van der Waals surface area (Å²) in [6, 6.07) is -0.832. The number of rotatable bonds is 3. The Morgan fingerprint density at radius 2 is 1.83 bits per heavy atom. The summed E-state index contributed by atoms with van der Waals surface area (Å²) in [4.78, 5) is 24.4. The van der Waals surface area contributed by atoms with E-state index in [-0.39, 0.29) is 6.03 Å². The fourth-order valence-corrected chi connectivity index (χ4v) is 2.99. The van der Waals surface area contributed by atoms with Gasteiger partial charge in [0.2, 0.25) is 0 Å². The Hall–Kier alpha value is -1.26. The molecule has 2 rings (SSSR count). The maximum absolute atomic E-state index is 12.0. The number of urea groups is 1. The normalized spacial score (nSPS) is 25.1. The first-order valence-corrected chi connectivity index (χ1v) is 6.96. The molecular weight excluding hydrogens is 232 g/mol. The zero-order chi connectivity index (χ0) is 13.0. The van der Waals surface area contributed by atoms with E-state index in [9.17, 15) is 9.59 Å². The predicted molar refractivity (Wildman–Crippen MR) is 67.3 cm³/mol. The van der Waals surface area contributed by atoms with Crippen molar-refractivity contribution in [1.82, 2.24) is 10.2 Å². The van der Waals surface area contributed by atoms with Crippen molar-refractivity contribution < 1.29 is 14.7 Å². The standard InChI is InChI=1S/C13H22N2O3/c16-12(17)11-7-4-8-15(11)13(18)14-9-10-5-2-1-3-6-10/h10-11H,1-9H2,(H,14,18)(H,16,17)/t11-/m0/s1. The summed E-state index contributed by atoms with van der Waals surface area (Å²) < 4.78 is 0. The zero-order valence-corrected chi connectivity index (χ0v) is 10.7. The number of nitrogens with zero attached hydrogens (tertiary/aromatic N) is 1. The highest BCUT2D eigenvalue weighted by molar-refractivity contribution is 5.83. The highest BCUT2D eigenvalue weighted by atomic mass is 16.4. The first-order chi connectivity index (χ1) is 8.68. The minimum atomic E-state index is -0.889. The van der Waals surface area contributed by atoms with Crippen LogP contribution in [-0.4, -0.2) is 41.1 Å². The Bertz CT molecular complexity index is 313. The number of hydrogen-bond donors (Lipinski definition) is 2. The second-order valence-corrected chi connectivity index (χ2v) is 5.38. The van der Waals surface area contributed by atoms with Crippen molar-refractivity contribution in [1.29, 1.82) is 0 Å². The van der Waals surface area contributed by atoms with E-state index >= 15 is 0 Å². The van der Waals surface area contributed by atoms with Crippen molar-refractivity contribution in [3.05, 3.63) is 0 Å². The van der Waals surface area contributed by atoms with Crippen LogP contribution in [0.25, 0.3) is 0 Å². The third-order valence-electron chi connectivity index (χ3n) is 4.07. The Kier molecular flexibility index (Phi) is 4.44. The van der Waals surface area contributed by atoms with Gasteiger partial charge in [-0.15, -0.1) is 0 Å². The molecule has 2 fully saturated rings. The van der Waals surface area contributed by atoms with E-state index in [4.69, 9.17) is 5.11 Å². The molecule has 1 saturated carbocycles. The van der Waals surface area contributed by atoms with Gasteiger partial charge >= 0.3 is 12.0 Å². The Labute approximate surface area is 108 Å². The van der Waals surface area contributed by atoms with E-state index in [1.807, 2.05) is 0 Å². The summed E-state index contributed by atoms with van der Waals surface area (Å²) in [7, 11) is 0. The van der Waals surface area contributed by atoms with Crippen molar-refractivity contribution in [3.63, 3.8) is 0 Å². The van der Waals surface area contributed by atoms with Crippen LogP contribution in [0.2, 0.25) is 0 Å². The molecule has 102 valence electrons. The molecule has 0 aromatic carbocycles. The van der Waals surface area contributed by atoms with Crippen LogP contribution in [0.15, 0.2) is 0 Å². The van der Waals surface area contributed by atoms with Crippen LogP contribution in [0.5, 0.6) is 0 Å². The largest absolute Gasteiger partial charge is 0.480 e. The molecule has 18 heavy (non-hydrogen) atoms. The minimum Gasteiger partial charge on any atom is -0.480 e. The third-order valence-corrected chi connectivity index (χ3v) is 4.07. The highest BCUT2D eigenvalue weighted by Crippen LogP contribution is 2.23. The van der Waals surface area contributed by atoms with Gasteiger partial charge in [-0.05, 0) is 31.6 Å². The molecule has 0 spiro atoms. The Morgan fingerprint density at radius 1 is 1.11 bits per heavy atom. The molecule has 0 aromatic rings. The molecule has 1 atom stereocenters. The average molecular weight is 254 g/mol. The number of carboxylic acid groups (broad SMARTS) is 1. The van der Waals surface area contributed by atoms with Gasteiger partial charge in [0.15, 0.2) is 0 Å². The van der Waals surface area contributed by atoms with Gasteiger partial charge in [-0.2, -0.15) is 0 Å². The number of amides is 2. The van der Waals surface area contributed by atoms with Crippen LogP contribution in [0, 0.1) is 5.92 Å². The third kappa shape index (κ3) is 3.15. The first kappa shape index (κ1) is 13.2. The summed E-state index contributed by atoms with van der Waals surface area (Å²) in [5.41, 5.74) is 0. The molecular formula is C13H22N2O3. The maximum Gasteiger partial charge on any atom is 0.326 e. The van der Waals surface area contributed by atoms with Gasteiger partial charge in [0, 0.05) is 13.1 Å². The lowest BCUT2D eigenvalue weighted by Crippen LogP contribution is -2.47. The van der Waals surface area contributed by atoms with Gasteiger partial charge in [0.25, 0.3) is 0 Å². The van der Waals surface area contributed by atoms with Crippen LogP contribution >= 0.6 is 0 Å². The van der Waals surface area contributed by atoms with Crippen molar-refractivity contribution in [2.75, 3.05) is 13.1 Å². The number of nitrogens with one attached hydrogen (secondary N) is 1. The van der Waals surface area contributed by atoms with Gasteiger partial charge < -0.3 is 15.3 Å². The lowest BCUT2D eigenvalue weighted by atomic mass is 9.89. The van der Waals surface area contributed by atoms with Crippen molar-refractivity contribution in [3.8, 4) is 0 Å². The summed E-state index contributed by atoms with van der Waals surface area (Å²) >= 11 is 0. The SMILES string of the molecule is O=C(O)[C@@H]1CCCN1C(=O)NCC1CCCCC1. The summed E-state index contributed by atoms with van der Waals surface area (Å²) in [5.74, 6) is -0.311. The molecule has 1 heterocycles. The highest BCUT2D eigenvalue weighted by Gasteiger charge is 2.34. The number of carboxylic acids is 1. The molecule has 0 aromatic heterocycles. The van der Waals surface area contributed by atoms with E-state index in [2.05, 4.69) is 5.32 Å². The molecule has 5 heteroatoms. The van der Waals surface area contributed by atoms with E-state index in [0.717, 1.165) is 6.42 Å².